The van der Waals surface area contributed by atoms with Gasteiger partial charge in [0.2, 0.25) is 5.91 Å². The number of carbonyl (C=O) groups is 2. The average Bonchev–Trinajstić information content (AvgIpc) is 2.59. The van der Waals surface area contributed by atoms with Gasteiger partial charge in [-0.15, -0.1) is 0 Å². The zero-order chi connectivity index (χ0) is 17.5. The molecule has 0 heterocycles. The van der Waals surface area contributed by atoms with Crippen LogP contribution < -0.4 is 5.32 Å². The molecule has 0 saturated heterocycles. The van der Waals surface area contributed by atoms with Crippen molar-refractivity contribution in [2.75, 3.05) is 0 Å². The van der Waals surface area contributed by atoms with Crippen LogP contribution in [0.5, 0.6) is 0 Å². The van der Waals surface area contributed by atoms with Crippen LogP contribution in [-0.2, 0) is 16.0 Å². The summed E-state index contributed by atoms with van der Waals surface area (Å²) in [6.45, 7) is 1.71. The molecule has 24 heavy (non-hydrogen) atoms. The number of rotatable bonds is 7. The number of hydrogen-bond acceptors (Lipinski definition) is 2. The Morgan fingerprint density at radius 2 is 1.71 bits per heavy atom. The van der Waals surface area contributed by atoms with Crippen molar-refractivity contribution in [3.63, 3.8) is 0 Å². The van der Waals surface area contributed by atoms with Gasteiger partial charge in [0.15, 0.2) is 6.04 Å². The van der Waals surface area contributed by atoms with Gasteiger partial charge in [0.1, 0.15) is 5.82 Å². The smallest absolute Gasteiger partial charge is 0.330 e. The minimum Gasteiger partial charge on any atom is -0.479 e. The number of benzene rings is 2. The Morgan fingerprint density at radius 1 is 1.08 bits per heavy atom. The van der Waals surface area contributed by atoms with E-state index >= 15 is 0 Å². The van der Waals surface area contributed by atoms with Gasteiger partial charge in [-0.1, -0.05) is 55.5 Å². The SMILES string of the molecule is CC(CCc1ccccc1F)C(=O)NC(C(=O)O)c1ccccc1. The molecule has 126 valence electrons. The number of nitrogens with one attached hydrogen (secondary N) is 1. The number of carboxylic acid groups (broad SMARTS) is 1. The number of carboxylic acids is 1. The van der Waals surface area contributed by atoms with Gasteiger partial charge in [0.05, 0.1) is 0 Å². The average molecular weight is 329 g/mol. The highest BCUT2D eigenvalue weighted by atomic mass is 19.1. The second-order valence-corrected chi connectivity index (χ2v) is 5.72. The van der Waals surface area contributed by atoms with Gasteiger partial charge in [0.25, 0.3) is 0 Å². The molecule has 0 saturated carbocycles. The van der Waals surface area contributed by atoms with Crippen molar-refractivity contribution in [2.24, 2.45) is 5.92 Å². The number of hydrogen-bond donors (Lipinski definition) is 2. The first kappa shape index (κ1) is 17.7. The van der Waals surface area contributed by atoms with E-state index in [4.69, 9.17) is 0 Å². The number of aryl methyl sites for hydroxylation is 1. The van der Waals surface area contributed by atoms with Crippen molar-refractivity contribution in [1.29, 1.82) is 0 Å². The molecule has 0 aromatic heterocycles. The minimum atomic E-state index is -1.11. The summed E-state index contributed by atoms with van der Waals surface area (Å²) < 4.78 is 13.6. The lowest BCUT2D eigenvalue weighted by Gasteiger charge is -2.18. The molecule has 2 aromatic carbocycles. The van der Waals surface area contributed by atoms with Gasteiger partial charge < -0.3 is 10.4 Å². The zero-order valence-electron chi connectivity index (χ0n) is 13.4. The van der Waals surface area contributed by atoms with Crippen molar-refractivity contribution in [3.05, 3.63) is 71.5 Å². The summed E-state index contributed by atoms with van der Waals surface area (Å²) >= 11 is 0. The standard InChI is InChI=1S/C19H20FNO3/c1-13(11-12-14-7-5-6-10-16(14)20)18(22)21-17(19(23)24)15-8-3-2-4-9-15/h2-10,13,17H,11-12H2,1H3,(H,21,22)(H,23,24). The molecule has 5 heteroatoms. The van der Waals surface area contributed by atoms with Crippen LogP contribution in [0, 0.1) is 11.7 Å². The van der Waals surface area contributed by atoms with Crippen molar-refractivity contribution >= 4 is 11.9 Å². The third-order valence-electron chi connectivity index (χ3n) is 3.92. The largest absolute Gasteiger partial charge is 0.479 e. The molecule has 1 amide bonds. The maximum atomic E-state index is 13.6. The Labute approximate surface area is 140 Å². The van der Waals surface area contributed by atoms with Gasteiger partial charge in [-0.2, -0.15) is 0 Å². The van der Waals surface area contributed by atoms with Gasteiger partial charge in [-0.25, -0.2) is 9.18 Å². The summed E-state index contributed by atoms with van der Waals surface area (Å²) in [5, 5.41) is 11.9. The van der Waals surface area contributed by atoms with Crippen LogP contribution in [-0.4, -0.2) is 17.0 Å². The molecular formula is C19H20FNO3. The maximum Gasteiger partial charge on any atom is 0.330 e. The third-order valence-corrected chi connectivity index (χ3v) is 3.92. The molecule has 0 radical (unpaired) electrons. The lowest BCUT2D eigenvalue weighted by Crippen LogP contribution is -2.37. The van der Waals surface area contributed by atoms with E-state index in [1.807, 2.05) is 0 Å². The summed E-state index contributed by atoms with van der Waals surface area (Å²) in [6.07, 6.45) is 0.859. The Balaban J connectivity index is 1.97. The highest BCUT2D eigenvalue weighted by Crippen LogP contribution is 2.16. The van der Waals surface area contributed by atoms with E-state index in [1.165, 1.54) is 6.07 Å². The van der Waals surface area contributed by atoms with Crippen LogP contribution in [0.1, 0.15) is 30.5 Å². The summed E-state index contributed by atoms with van der Waals surface area (Å²) in [5.74, 6) is -2.19. The number of halogens is 1. The van der Waals surface area contributed by atoms with E-state index in [-0.39, 0.29) is 11.7 Å². The summed E-state index contributed by atoms with van der Waals surface area (Å²) in [6, 6.07) is 13.9. The molecule has 0 aliphatic carbocycles. The van der Waals surface area contributed by atoms with Crippen LogP contribution in [0.2, 0.25) is 0 Å². The Bertz CT molecular complexity index is 703. The summed E-state index contributed by atoms with van der Waals surface area (Å²) in [5.41, 5.74) is 1.06. The second-order valence-electron chi connectivity index (χ2n) is 5.72. The number of aliphatic carboxylic acids is 1. The molecule has 2 N–H and O–H groups in total. The highest BCUT2D eigenvalue weighted by Gasteiger charge is 2.24. The topological polar surface area (TPSA) is 66.4 Å². The normalized spacial score (nSPS) is 13.1. The van der Waals surface area contributed by atoms with Gasteiger partial charge >= 0.3 is 5.97 Å². The summed E-state index contributed by atoms with van der Waals surface area (Å²) in [7, 11) is 0. The fraction of sp³-hybridized carbons (Fsp3) is 0.263. The maximum absolute atomic E-state index is 13.6. The monoisotopic (exact) mass is 329 g/mol. The van der Waals surface area contributed by atoms with E-state index in [9.17, 15) is 19.1 Å². The Morgan fingerprint density at radius 3 is 2.33 bits per heavy atom. The van der Waals surface area contributed by atoms with E-state index in [1.54, 1.807) is 55.5 Å². The van der Waals surface area contributed by atoms with Crippen molar-refractivity contribution in [3.8, 4) is 0 Å². The first-order valence-corrected chi connectivity index (χ1v) is 7.80. The summed E-state index contributed by atoms with van der Waals surface area (Å²) in [4.78, 5) is 23.7. The van der Waals surface area contributed by atoms with Crippen LogP contribution in [0.4, 0.5) is 4.39 Å². The molecule has 0 bridgehead atoms. The number of carbonyl (C=O) groups excluding carboxylic acids is 1. The highest BCUT2D eigenvalue weighted by molar-refractivity contribution is 5.85. The van der Waals surface area contributed by atoms with Crippen LogP contribution in [0.3, 0.4) is 0 Å². The zero-order valence-corrected chi connectivity index (χ0v) is 13.4. The molecule has 0 spiro atoms. The lowest BCUT2D eigenvalue weighted by atomic mass is 9.99. The molecule has 0 aliphatic heterocycles. The molecule has 2 rings (SSSR count). The molecule has 2 aromatic rings. The van der Waals surface area contributed by atoms with Crippen molar-refractivity contribution in [1.82, 2.24) is 5.32 Å². The predicted molar refractivity (Wildman–Crippen MR) is 88.8 cm³/mol. The van der Waals surface area contributed by atoms with Crippen molar-refractivity contribution in [2.45, 2.75) is 25.8 Å². The van der Waals surface area contributed by atoms with Crippen LogP contribution >= 0.6 is 0 Å². The van der Waals surface area contributed by atoms with Crippen molar-refractivity contribution < 1.29 is 19.1 Å². The van der Waals surface area contributed by atoms with Gasteiger partial charge in [0, 0.05) is 5.92 Å². The predicted octanol–water partition coefficient (Wildman–Crippen LogP) is 3.34. The quantitative estimate of drug-likeness (QED) is 0.819. The second kappa shape index (κ2) is 8.24. The first-order valence-electron chi connectivity index (χ1n) is 7.80. The van der Waals surface area contributed by atoms with Crippen LogP contribution in [0.15, 0.2) is 54.6 Å². The van der Waals surface area contributed by atoms with E-state index < -0.39 is 17.9 Å². The lowest BCUT2D eigenvalue weighted by molar-refractivity contribution is -0.142. The molecule has 4 nitrogen and oxygen atoms in total. The number of amides is 1. The third kappa shape index (κ3) is 4.65. The molecule has 0 aliphatic rings. The van der Waals surface area contributed by atoms with E-state index in [0.29, 0.717) is 24.0 Å². The minimum absolute atomic E-state index is 0.294. The fourth-order valence-electron chi connectivity index (χ4n) is 2.42. The molecule has 2 atom stereocenters. The molecule has 0 fully saturated rings. The van der Waals surface area contributed by atoms with Gasteiger partial charge in [-0.3, -0.25) is 4.79 Å². The molecule has 2 unspecified atom stereocenters. The van der Waals surface area contributed by atoms with E-state index in [0.717, 1.165) is 0 Å². The Kier molecular flexibility index (Phi) is 6.07. The fourth-order valence-corrected chi connectivity index (χ4v) is 2.42. The van der Waals surface area contributed by atoms with Crippen LogP contribution in [0.25, 0.3) is 0 Å². The Hall–Kier alpha value is -2.69. The van der Waals surface area contributed by atoms with Gasteiger partial charge in [-0.05, 0) is 30.0 Å². The molecular weight excluding hydrogens is 309 g/mol. The first-order chi connectivity index (χ1) is 11.5. The van der Waals surface area contributed by atoms with E-state index in [2.05, 4.69) is 5.32 Å².